The first-order valence-corrected chi connectivity index (χ1v) is 4.30. The average molecular weight is 265 g/mol. The second kappa shape index (κ2) is 4.56. The van der Waals surface area contributed by atoms with Crippen LogP contribution in [-0.2, 0) is 4.79 Å². The molecule has 0 aromatic carbocycles. The van der Waals surface area contributed by atoms with Crippen molar-refractivity contribution in [2.75, 3.05) is 5.32 Å². The Bertz CT molecular complexity index is 488. The van der Waals surface area contributed by atoms with Crippen molar-refractivity contribution in [3.05, 3.63) is 23.9 Å². The third-order valence-corrected chi connectivity index (χ3v) is 1.78. The Kier molecular flexibility index (Phi) is 3.50. The van der Waals surface area contributed by atoms with Gasteiger partial charge in [-0.2, -0.15) is 27.2 Å². The lowest BCUT2D eigenvalue weighted by Gasteiger charge is -2.18. The van der Waals surface area contributed by atoms with Gasteiger partial charge in [0.1, 0.15) is 11.9 Å². The molecule has 1 N–H and O–H groups in total. The molecule has 0 spiro atoms. The van der Waals surface area contributed by atoms with Gasteiger partial charge in [-0.3, -0.25) is 4.79 Å². The number of nitrogens with zero attached hydrogens (tertiary/aromatic N) is 2. The third kappa shape index (κ3) is 2.71. The highest BCUT2D eigenvalue weighted by molar-refractivity contribution is 5.95. The Morgan fingerprint density at radius 3 is 2.28 bits per heavy atom. The van der Waals surface area contributed by atoms with Crippen molar-refractivity contribution in [3.8, 4) is 6.07 Å². The number of amides is 1. The largest absolute Gasteiger partial charge is 0.463 e. The minimum absolute atomic E-state index is 0.0654. The summed E-state index contributed by atoms with van der Waals surface area (Å²) in [6.07, 6.45) is -5.06. The molecule has 0 fully saturated rings. The van der Waals surface area contributed by atoms with Crippen LogP contribution in [-0.4, -0.2) is 23.0 Å². The highest BCUT2D eigenvalue weighted by atomic mass is 19.4. The van der Waals surface area contributed by atoms with Crippen molar-refractivity contribution in [3.63, 3.8) is 0 Å². The van der Waals surface area contributed by atoms with Crippen LogP contribution in [0.5, 0.6) is 0 Å². The second-order valence-electron chi connectivity index (χ2n) is 3.07. The van der Waals surface area contributed by atoms with Crippen molar-refractivity contribution >= 4 is 11.7 Å². The van der Waals surface area contributed by atoms with Gasteiger partial charge in [0.05, 0.1) is 5.56 Å². The number of nitriles is 1. The Balaban J connectivity index is 2.85. The molecular weight excluding hydrogens is 261 g/mol. The molecule has 96 valence electrons. The lowest BCUT2D eigenvalue weighted by molar-refractivity contribution is -0.267. The lowest BCUT2D eigenvalue weighted by Crippen LogP contribution is -2.47. The van der Waals surface area contributed by atoms with Crippen LogP contribution < -0.4 is 5.32 Å². The van der Waals surface area contributed by atoms with Crippen LogP contribution in [0.3, 0.4) is 0 Å². The molecule has 4 nitrogen and oxygen atoms in total. The molecule has 0 radical (unpaired) electrons. The van der Waals surface area contributed by atoms with Gasteiger partial charge in [0.2, 0.25) is 0 Å². The van der Waals surface area contributed by atoms with Crippen molar-refractivity contribution in [2.24, 2.45) is 0 Å². The van der Waals surface area contributed by atoms with Gasteiger partial charge >= 0.3 is 18.0 Å². The summed E-state index contributed by atoms with van der Waals surface area (Å²) in [5.41, 5.74) is 0.0654. The molecule has 0 atom stereocenters. The van der Waals surface area contributed by atoms with E-state index in [0.717, 1.165) is 18.3 Å². The quantitative estimate of drug-likeness (QED) is 0.832. The molecule has 0 bridgehead atoms. The first-order valence-electron chi connectivity index (χ1n) is 4.30. The van der Waals surface area contributed by atoms with Gasteiger partial charge in [0.15, 0.2) is 0 Å². The predicted octanol–water partition coefficient (Wildman–Crippen LogP) is 2.09. The van der Waals surface area contributed by atoms with Crippen LogP contribution in [0.2, 0.25) is 0 Å². The van der Waals surface area contributed by atoms with E-state index in [4.69, 9.17) is 5.26 Å². The van der Waals surface area contributed by atoms with E-state index in [9.17, 15) is 26.7 Å². The summed E-state index contributed by atoms with van der Waals surface area (Å²) in [4.78, 5) is 14.1. The molecule has 1 aromatic rings. The molecule has 0 saturated heterocycles. The number of halogens is 5. The first kappa shape index (κ1) is 13.8. The summed E-state index contributed by atoms with van der Waals surface area (Å²) in [6.45, 7) is 0. The summed E-state index contributed by atoms with van der Waals surface area (Å²) in [6, 6.07) is 3.70. The summed E-state index contributed by atoms with van der Waals surface area (Å²) in [7, 11) is 0. The maximum Gasteiger partial charge on any atom is 0.463 e. The maximum atomic E-state index is 12.5. The molecule has 1 amide bonds. The highest BCUT2D eigenvalue weighted by Crippen LogP contribution is 2.36. The normalized spacial score (nSPS) is 11.8. The van der Waals surface area contributed by atoms with Crippen LogP contribution >= 0.6 is 0 Å². The zero-order valence-electron chi connectivity index (χ0n) is 8.42. The SMILES string of the molecule is N#Cc1ccc(NC(=O)C(F)(F)C(F)(F)F)nc1. The Labute approximate surface area is 97.0 Å². The molecule has 0 saturated carbocycles. The minimum atomic E-state index is -5.98. The van der Waals surface area contributed by atoms with E-state index in [1.807, 2.05) is 0 Å². The molecule has 1 heterocycles. The van der Waals surface area contributed by atoms with Gasteiger partial charge in [-0.15, -0.1) is 0 Å². The van der Waals surface area contributed by atoms with Gasteiger partial charge in [0.25, 0.3) is 0 Å². The standard InChI is InChI=1S/C9H4F5N3O/c10-8(11,9(12,13)14)7(18)17-6-2-1-5(3-15)4-16-6/h1-2,4H,(H,16,17,18). The van der Waals surface area contributed by atoms with E-state index < -0.39 is 23.8 Å². The van der Waals surface area contributed by atoms with E-state index in [0.29, 0.717) is 0 Å². The summed E-state index contributed by atoms with van der Waals surface area (Å²) in [5.74, 6) is -8.56. The number of rotatable bonds is 2. The molecule has 9 heteroatoms. The van der Waals surface area contributed by atoms with Crippen molar-refractivity contribution in [2.45, 2.75) is 12.1 Å². The van der Waals surface area contributed by atoms with Gasteiger partial charge in [-0.1, -0.05) is 0 Å². The van der Waals surface area contributed by atoms with Gasteiger partial charge in [-0.25, -0.2) is 4.98 Å². The molecule has 18 heavy (non-hydrogen) atoms. The molecule has 0 unspecified atom stereocenters. The number of carbonyl (C=O) groups is 1. The van der Waals surface area contributed by atoms with Gasteiger partial charge in [0, 0.05) is 6.20 Å². The number of hydrogen-bond acceptors (Lipinski definition) is 3. The van der Waals surface area contributed by atoms with E-state index in [1.165, 1.54) is 5.32 Å². The Morgan fingerprint density at radius 1 is 1.28 bits per heavy atom. The van der Waals surface area contributed by atoms with Crippen LogP contribution in [0.15, 0.2) is 18.3 Å². The van der Waals surface area contributed by atoms with Gasteiger partial charge < -0.3 is 5.32 Å². The molecule has 1 aromatic heterocycles. The summed E-state index contributed by atoms with van der Waals surface area (Å²) in [5, 5.41) is 9.71. The first-order chi connectivity index (χ1) is 8.18. The zero-order chi connectivity index (χ0) is 14.0. The smallest absolute Gasteiger partial charge is 0.305 e. The fourth-order valence-electron chi connectivity index (χ4n) is 0.857. The fraction of sp³-hybridized carbons (Fsp3) is 0.222. The number of carbonyl (C=O) groups excluding carboxylic acids is 1. The molecular formula is C9H4F5N3O. The van der Waals surface area contributed by atoms with E-state index in [1.54, 1.807) is 6.07 Å². The number of pyridine rings is 1. The van der Waals surface area contributed by atoms with Gasteiger partial charge in [-0.05, 0) is 12.1 Å². The number of aromatic nitrogens is 1. The lowest BCUT2D eigenvalue weighted by atomic mass is 10.3. The number of anilines is 1. The van der Waals surface area contributed by atoms with Crippen molar-refractivity contribution in [1.29, 1.82) is 5.26 Å². The van der Waals surface area contributed by atoms with Crippen molar-refractivity contribution < 1.29 is 26.7 Å². The maximum absolute atomic E-state index is 12.5. The number of alkyl halides is 5. The van der Waals surface area contributed by atoms with E-state index in [-0.39, 0.29) is 5.56 Å². The average Bonchev–Trinajstić information content (AvgIpc) is 2.28. The molecule has 0 aliphatic carbocycles. The Morgan fingerprint density at radius 2 is 1.89 bits per heavy atom. The van der Waals surface area contributed by atoms with E-state index in [2.05, 4.69) is 4.98 Å². The van der Waals surface area contributed by atoms with Crippen LogP contribution in [0, 0.1) is 11.3 Å². The fourth-order valence-corrected chi connectivity index (χ4v) is 0.857. The molecule has 1 rings (SSSR count). The second-order valence-corrected chi connectivity index (χ2v) is 3.07. The molecule has 0 aliphatic rings. The minimum Gasteiger partial charge on any atom is -0.305 e. The Hall–Kier alpha value is -2.24. The topological polar surface area (TPSA) is 65.8 Å². The van der Waals surface area contributed by atoms with Crippen LogP contribution in [0.1, 0.15) is 5.56 Å². The van der Waals surface area contributed by atoms with Crippen LogP contribution in [0.25, 0.3) is 0 Å². The third-order valence-electron chi connectivity index (χ3n) is 1.78. The monoisotopic (exact) mass is 265 g/mol. The molecule has 0 aliphatic heterocycles. The highest BCUT2D eigenvalue weighted by Gasteiger charge is 2.63. The van der Waals surface area contributed by atoms with E-state index >= 15 is 0 Å². The summed E-state index contributed by atoms with van der Waals surface area (Å²) >= 11 is 0. The van der Waals surface area contributed by atoms with Crippen LogP contribution in [0.4, 0.5) is 27.8 Å². The number of hydrogen-bond donors (Lipinski definition) is 1. The summed E-state index contributed by atoms with van der Waals surface area (Å²) < 4.78 is 60.6. The zero-order valence-corrected chi connectivity index (χ0v) is 8.42. The predicted molar refractivity (Wildman–Crippen MR) is 48.6 cm³/mol. The number of nitrogens with one attached hydrogen (secondary N) is 1. The van der Waals surface area contributed by atoms with Crippen molar-refractivity contribution in [1.82, 2.24) is 4.98 Å².